The third kappa shape index (κ3) is 10.1. The molecule has 0 saturated carbocycles. The number of benzene rings is 1. The van der Waals surface area contributed by atoms with Crippen molar-refractivity contribution in [3.63, 3.8) is 0 Å². The summed E-state index contributed by atoms with van der Waals surface area (Å²) in [6, 6.07) is 6.50. The number of rotatable bonds is 14. The van der Waals surface area contributed by atoms with E-state index >= 15 is 0 Å². The van der Waals surface area contributed by atoms with Crippen molar-refractivity contribution >= 4 is 5.91 Å². The minimum atomic E-state index is 0.166. The predicted octanol–water partition coefficient (Wildman–Crippen LogP) is 5.05. The largest absolute Gasteiger partial charge is 0.493 e. The summed E-state index contributed by atoms with van der Waals surface area (Å²) in [7, 11) is 4.27. The minimum Gasteiger partial charge on any atom is -0.493 e. The molecular formula is C24H43N2O2+. The van der Waals surface area contributed by atoms with E-state index in [-0.39, 0.29) is 5.91 Å². The van der Waals surface area contributed by atoms with E-state index in [1.54, 1.807) is 0 Å². The summed E-state index contributed by atoms with van der Waals surface area (Å²) in [4.78, 5) is 12.1. The topological polar surface area (TPSA) is 38.3 Å². The number of nitrogens with one attached hydrogen (secondary N) is 1. The van der Waals surface area contributed by atoms with Crippen LogP contribution in [-0.2, 0) is 4.79 Å². The van der Waals surface area contributed by atoms with Crippen LogP contribution in [-0.4, -0.2) is 50.7 Å². The second-order valence-electron chi connectivity index (χ2n) is 8.96. The first-order valence-corrected chi connectivity index (χ1v) is 11.1. The average molecular weight is 392 g/mol. The van der Waals surface area contributed by atoms with Crippen LogP contribution in [0.3, 0.4) is 0 Å². The van der Waals surface area contributed by atoms with Crippen LogP contribution >= 0.6 is 0 Å². The molecule has 0 unspecified atom stereocenters. The molecule has 0 atom stereocenters. The first kappa shape index (κ1) is 24.5. The van der Waals surface area contributed by atoms with Crippen molar-refractivity contribution in [3.05, 3.63) is 29.3 Å². The Bertz CT molecular complexity index is 582. The molecule has 0 saturated heterocycles. The number of nitrogens with zero attached hydrogens (tertiary/aromatic N) is 1. The minimum absolute atomic E-state index is 0.166. The van der Waals surface area contributed by atoms with E-state index in [0.717, 1.165) is 49.2 Å². The molecule has 28 heavy (non-hydrogen) atoms. The second-order valence-corrected chi connectivity index (χ2v) is 8.96. The Morgan fingerprint density at radius 1 is 1.11 bits per heavy atom. The lowest BCUT2D eigenvalue weighted by atomic mass is 10.0. The molecular weight excluding hydrogens is 348 g/mol. The molecule has 4 heteroatoms. The van der Waals surface area contributed by atoms with Gasteiger partial charge in [0.2, 0.25) is 0 Å². The van der Waals surface area contributed by atoms with Gasteiger partial charge in [-0.15, -0.1) is 0 Å². The summed E-state index contributed by atoms with van der Waals surface area (Å²) in [5.41, 5.74) is 2.51. The van der Waals surface area contributed by atoms with Gasteiger partial charge in [0, 0.05) is 6.54 Å². The highest BCUT2D eigenvalue weighted by atomic mass is 16.5. The number of likely N-dealkylation sites (N-methyl/N-ethyl adjacent to an activating group) is 1. The fraction of sp³-hybridized carbons (Fsp3) is 0.708. The lowest BCUT2D eigenvalue weighted by Gasteiger charge is -2.29. The lowest BCUT2D eigenvalue weighted by molar-refractivity contribution is -0.882. The Labute approximate surface area is 173 Å². The number of carbonyl (C=O) groups is 1. The first-order chi connectivity index (χ1) is 13.2. The lowest BCUT2D eigenvalue weighted by Crippen LogP contribution is -2.48. The molecule has 1 N–H and O–H groups in total. The zero-order valence-electron chi connectivity index (χ0n) is 19.1. The van der Waals surface area contributed by atoms with Gasteiger partial charge in [0.1, 0.15) is 5.75 Å². The van der Waals surface area contributed by atoms with Gasteiger partial charge in [-0.2, -0.15) is 0 Å². The van der Waals surface area contributed by atoms with Crippen LogP contribution in [0.15, 0.2) is 18.2 Å². The molecule has 0 aliphatic carbocycles. The van der Waals surface area contributed by atoms with Gasteiger partial charge >= 0.3 is 0 Å². The fourth-order valence-corrected chi connectivity index (χ4v) is 3.26. The summed E-state index contributed by atoms with van der Waals surface area (Å²) in [5.74, 6) is 1.68. The second kappa shape index (κ2) is 12.8. The number of hydrogen-bond donors (Lipinski definition) is 1. The van der Waals surface area contributed by atoms with E-state index in [1.165, 1.54) is 30.4 Å². The highest BCUT2D eigenvalue weighted by Crippen LogP contribution is 2.24. The third-order valence-electron chi connectivity index (χ3n) is 5.22. The summed E-state index contributed by atoms with van der Waals surface area (Å²) in [6.07, 6.45) is 6.83. The van der Waals surface area contributed by atoms with E-state index in [0.29, 0.717) is 12.5 Å². The van der Waals surface area contributed by atoms with Crippen molar-refractivity contribution in [2.75, 3.05) is 40.3 Å². The first-order valence-electron chi connectivity index (χ1n) is 11.1. The highest BCUT2D eigenvalue weighted by molar-refractivity contribution is 5.76. The van der Waals surface area contributed by atoms with Gasteiger partial charge in [-0.3, -0.25) is 4.79 Å². The molecule has 0 aliphatic rings. The van der Waals surface area contributed by atoms with Crippen LogP contribution < -0.4 is 10.1 Å². The van der Waals surface area contributed by atoms with Crippen LogP contribution in [0.25, 0.3) is 0 Å². The number of hydrogen-bond acceptors (Lipinski definition) is 2. The Morgan fingerprint density at radius 2 is 1.86 bits per heavy atom. The van der Waals surface area contributed by atoms with E-state index in [9.17, 15) is 4.79 Å². The van der Waals surface area contributed by atoms with Gasteiger partial charge < -0.3 is 14.5 Å². The van der Waals surface area contributed by atoms with Gasteiger partial charge in [0.15, 0.2) is 6.54 Å². The maximum atomic E-state index is 12.1. The summed E-state index contributed by atoms with van der Waals surface area (Å²) in [6.45, 7) is 11.8. The van der Waals surface area contributed by atoms with Crippen LogP contribution in [0, 0.1) is 6.92 Å². The number of amides is 1. The van der Waals surface area contributed by atoms with E-state index in [1.807, 2.05) is 0 Å². The number of carbonyl (C=O) groups excluding carboxylic acids is 1. The van der Waals surface area contributed by atoms with Crippen LogP contribution in [0.5, 0.6) is 5.75 Å². The number of quaternary nitrogens is 1. The Morgan fingerprint density at radius 3 is 2.54 bits per heavy atom. The SMILES string of the molecule is CCCCCCNC(=O)C[N+](C)(C)CCCCOc1cc(C(C)C)ccc1C. The molecule has 160 valence electrons. The summed E-state index contributed by atoms with van der Waals surface area (Å²) >= 11 is 0. The molecule has 0 fully saturated rings. The van der Waals surface area contributed by atoms with Gasteiger partial charge in [-0.05, 0) is 49.3 Å². The Kier molecular flexibility index (Phi) is 11.2. The van der Waals surface area contributed by atoms with Crippen molar-refractivity contribution in [1.29, 1.82) is 0 Å². The third-order valence-corrected chi connectivity index (χ3v) is 5.22. The predicted molar refractivity (Wildman–Crippen MR) is 119 cm³/mol. The molecule has 0 aromatic heterocycles. The van der Waals surface area contributed by atoms with Crippen LogP contribution in [0.4, 0.5) is 0 Å². The summed E-state index contributed by atoms with van der Waals surface area (Å²) < 4.78 is 6.75. The van der Waals surface area contributed by atoms with Gasteiger partial charge in [-0.25, -0.2) is 0 Å². The maximum absolute atomic E-state index is 12.1. The van der Waals surface area contributed by atoms with Crippen molar-refractivity contribution in [1.82, 2.24) is 5.32 Å². The molecule has 1 amide bonds. The molecule has 1 rings (SSSR count). The van der Waals surface area contributed by atoms with E-state index < -0.39 is 0 Å². The molecule has 1 aromatic rings. The molecule has 4 nitrogen and oxygen atoms in total. The van der Waals surface area contributed by atoms with Crippen LogP contribution in [0.2, 0.25) is 0 Å². The average Bonchev–Trinajstić information content (AvgIpc) is 2.62. The van der Waals surface area contributed by atoms with Gasteiger partial charge in [-0.1, -0.05) is 52.2 Å². The molecule has 0 heterocycles. The fourth-order valence-electron chi connectivity index (χ4n) is 3.26. The highest BCUT2D eigenvalue weighted by Gasteiger charge is 2.19. The van der Waals surface area contributed by atoms with Gasteiger partial charge in [0.25, 0.3) is 5.91 Å². The zero-order chi connectivity index (χ0) is 21.0. The molecule has 0 radical (unpaired) electrons. The molecule has 1 aromatic carbocycles. The molecule has 0 bridgehead atoms. The summed E-state index contributed by atoms with van der Waals surface area (Å²) in [5, 5.41) is 3.06. The number of aryl methyl sites for hydroxylation is 1. The van der Waals surface area contributed by atoms with Crippen molar-refractivity contribution < 1.29 is 14.0 Å². The van der Waals surface area contributed by atoms with Crippen molar-refractivity contribution in [3.8, 4) is 5.75 Å². The monoisotopic (exact) mass is 391 g/mol. The molecule has 0 aliphatic heterocycles. The quantitative estimate of drug-likeness (QED) is 0.356. The standard InChI is InChI=1S/C24H42N2O2/c1-7-8-9-10-15-25-24(27)19-26(5,6)16-11-12-17-28-23-18-22(20(2)3)14-13-21(23)4/h13-14,18,20H,7-12,15-17,19H2,1-6H3/p+1. The normalized spacial score (nSPS) is 11.7. The number of unbranched alkanes of at least 4 members (excludes halogenated alkanes) is 4. The Balaban J connectivity index is 2.25. The van der Waals surface area contributed by atoms with E-state index in [4.69, 9.17) is 4.74 Å². The number of ether oxygens (including phenoxy) is 1. The van der Waals surface area contributed by atoms with Gasteiger partial charge in [0.05, 0.1) is 27.2 Å². The smallest absolute Gasteiger partial charge is 0.275 e. The van der Waals surface area contributed by atoms with E-state index in [2.05, 4.69) is 65.3 Å². The molecule has 0 spiro atoms. The van der Waals surface area contributed by atoms with Crippen LogP contribution in [0.1, 0.15) is 76.3 Å². The van der Waals surface area contributed by atoms with Crippen molar-refractivity contribution in [2.24, 2.45) is 0 Å². The van der Waals surface area contributed by atoms with Crippen molar-refractivity contribution in [2.45, 2.75) is 72.1 Å². The zero-order valence-corrected chi connectivity index (χ0v) is 19.1. The Hall–Kier alpha value is -1.55. The maximum Gasteiger partial charge on any atom is 0.275 e.